The Bertz CT molecular complexity index is 522. The van der Waals surface area contributed by atoms with Crippen LogP contribution in [0.5, 0.6) is 0 Å². The van der Waals surface area contributed by atoms with Gasteiger partial charge in [0.05, 0.1) is 6.20 Å². The van der Waals surface area contributed by atoms with Crippen molar-refractivity contribution in [3.63, 3.8) is 0 Å². The van der Waals surface area contributed by atoms with E-state index in [0.29, 0.717) is 11.6 Å². The third-order valence-electron chi connectivity index (χ3n) is 3.38. The summed E-state index contributed by atoms with van der Waals surface area (Å²) in [6.45, 7) is 2.30. The van der Waals surface area contributed by atoms with Gasteiger partial charge in [-0.25, -0.2) is 0 Å². The van der Waals surface area contributed by atoms with Gasteiger partial charge in [0.25, 0.3) is 5.91 Å². The second-order valence-corrected chi connectivity index (χ2v) is 4.77. The van der Waals surface area contributed by atoms with Gasteiger partial charge in [-0.15, -0.1) is 5.10 Å². The first-order valence-corrected chi connectivity index (χ1v) is 6.36. The summed E-state index contributed by atoms with van der Waals surface area (Å²) in [4.78, 5) is 14.0. The Morgan fingerprint density at radius 3 is 3.21 bits per heavy atom. The molecule has 1 amide bonds. The molecule has 1 unspecified atom stereocenters. The number of nitrogens with zero attached hydrogens (tertiary/aromatic N) is 5. The van der Waals surface area contributed by atoms with Crippen LogP contribution in [0.3, 0.4) is 0 Å². The Labute approximate surface area is 110 Å². The van der Waals surface area contributed by atoms with E-state index >= 15 is 0 Å². The lowest BCUT2D eigenvalue weighted by atomic mass is 9.98. The normalized spacial score (nSPS) is 19.6. The summed E-state index contributed by atoms with van der Waals surface area (Å²) >= 11 is 0. The van der Waals surface area contributed by atoms with Crippen molar-refractivity contribution in [3.8, 4) is 0 Å². The van der Waals surface area contributed by atoms with Crippen LogP contribution in [0.1, 0.15) is 23.3 Å². The quantitative estimate of drug-likeness (QED) is 0.817. The molecular weight excluding hydrogens is 246 g/mol. The predicted octanol–water partition coefficient (Wildman–Crippen LogP) is 0.818. The molecule has 100 valence electrons. The fourth-order valence-electron chi connectivity index (χ4n) is 2.48. The number of aromatic nitrogens is 4. The van der Waals surface area contributed by atoms with E-state index in [0.717, 1.165) is 32.5 Å². The predicted molar refractivity (Wildman–Crippen MR) is 65.2 cm³/mol. The molecule has 1 atom stereocenters. The second-order valence-electron chi connectivity index (χ2n) is 4.77. The van der Waals surface area contributed by atoms with Gasteiger partial charge in [-0.3, -0.25) is 9.48 Å². The molecule has 2 aromatic rings. The van der Waals surface area contributed by atoms with E-state index in [1.807, 2.05) is 15.8 Å². The van der Waals surface area contributed by atoms with Gasteiger partial charge in [0.1, 0.15) is 6.26 Å². The zero-order chi connectivity index (χ0) is 13.1. The maximum Gasteiger partial charge on any atom is 0.276 e. The van der Waals surface area contributed by atoms with Gasteiger partial charge in [0, 0.05) is 31.9 Å². The zero-order valence-electron chi connectivity index (χ0n) is 10.5. The van der Waals surface area contributed by atoms with Crippen molar-refractivity contribution in [2.75, 3.05) is 13.1 Å². The average Bonchev–Trinajstić information content (AvgIpc) is 3.11. The highest BCUT2D eigenvalue weighted by Crippen LogP contribution is 2.19. The monoisotopic (exact) mass is 261 g/mol. The zero-order valence-corrected chi connectivity index (χ0v) is 10.5. The first kappa shape index (κ1) is 11.9. The van der Waals surface area contributed by atoms with Gasteiger partial charge in [-0.05, 0) is 18.8 Å². The fourth-order valence-corrected chi connectivity index (χ4v) is 2.48. The van der Waals surface area contributed by atoms with Gasteiger partial charge >= 0.3 is 0 Å². The lowest BCUT2D eigenvalue weighted by Crippen LogP contribution is -2.41. The number of amides is 1. The van der Waals surface area contributed by atoms with Crippen molar-refractivity contribution >= 4 is 5.91 Å². The Kier molecular flexibility index (Phi) is 3.26. The van der Waals surface area contributed by atoms with Gasteiger partial charge in [-0.1, -0.05) is 10.4 Å². The third kappa shape index (κ3) is 2.64. The van der Waals surface area contributed by atoms with E-state index < -0.39 is 0 Å². The van der Waals surface area contributed by atoms with Crippen molar-refractivity contribution in [1.82, 2.24) is 25.1 Å². The summed E-state index contributed by atoms with van der Waals surface area (Å²) in [6.07, 6.45) is 7.04. The van der Waals surface area contributed by atoms with Crippen LogP contribution in [-0.4, -0.2) is 44.0 Å². The first-order chi connectivity index (χ1) is 9.33. The molecule has 1 aliphatic heterocycles. The number of likely N-dealkylation sites (tertiary alicyclic amines) is 1. The second kappa shape index (κ2) is 5.21. The van der Waals surface area contributed by atoms with Crippen LogP contribution in [0, 0.1) is 5.92 Å². The Hall–Kier alpha value is -2.18. The van der Waals surface area contributed by atoms with Crippen molar-refractivity contribution in [2.45, 2.75) is 19.4 Å². The summed E-state index contributed by atoms with van der Waals surface area (Å²) in [5.41, 5.74) is 0.376. The molecule has 0 spiro atoms. The standard InChI is InChI=1S/C12H15N5O2/c18-12(11-3-7-19-14-11)16-5-1-2-10(8-16)9-17-6-4-13-15-17/h3-4,6-7,10H,1-2,5,8-9H2. The Balaban J connectivity index is 1.63. The summed E-state index contributed by atoms with van der Waals surface area (Å²) in [6, 6.07) is 1.60. The molecule has 0 aromatic carbocycles. The molecule has 7 nitrogen and oxygen atoms in total. The molecule has 7 heteroatoms. The van der Waals surface area contributed by atoms with E-state index in [9.17, 15) is 4.79 Å². The number of hydrogen-bond donors (Lipinski definition) is 0. The third-order valence-corrected chi connectivity index (χ3v) is 3.38. The molecule has 0 saturated carbocycles. The molecule has 0 bridgehead atoms. The highest BCUT2D eigenvalue weighted by molar-refractivity contribution is 5.92. The van der Waals surface area contributed by atoms with E-state index in [1.54, 1.807) is 12.3 Å². The smallest absolute Gasteiger partial charge is 0.276 e. The highest BCUT2D eigenvalue weighted by atomic mass is 16.5. The van der Waals surface area contributed by atoms with Crippen LogP contribution >= 0.6 is 0 Å². The molecule has 1 aliphatic rings. The molecule has 0 radical (unpaired) electrons. The lowest BCUT2D eigenvalue weighted by Gasteiger charge is -2.32. The minimum Gasteiger partial charge on any atom is -0.364 e. The molecule has 19 heavy (non-hydrogen) atoms. The molecule has 3 rings (SSSR count). The van der Waals surface area contributed by atoms with E-state index in [2.05, 4.69) is 15.5 Å². The number of carbonyl (C=O) groups excluding carboxylic acids is 1. The molecule has 3 heterocycles. The highest BCUT2D eigenvalue weighted by Gasteiger charge is 2.26. The van der Waals surface area contributed by atoms with Gasteiger partial charge in [0.15, 0.2) is 5.69 Å². The minimum absolute atomic E-state index is 0.0583. The molecule has 1 fully saturated rings. The summed E-state index contributed by atoms with van der Waals surface area (Å²) < 4.78 is 6.53. The average molecular weight is 261 g/mol. The number of piperidine rings is 1. The molecule has 1 saturated heterocycles. The maximum atomic E-state index is 12.2. The van der Waals surface area contributed by atoms with Crippen LogP contribution in [-0.2, 0) is 6.54 Å². The largest absolute Gasteiger partial charge is 0.364 e. The molecule has 2 aromatic heterocycles. The van der Waals surface area contributed by atoms with Gasteiger partial charge in [-0.2, -0.15) is 0 Å². The number of hydrogen-bond acceptors (Lipinski definition) is 5. The summed E-state index contributed by atoms with van der Waals surface area (Å²) in [5.74, 6) is 0.350. The van der Waals surface area contributed by atoms with Crippen LogP contribution in [0.15, 0.2) is 29.2 Å². The molecule has 0 aliphatic carbocycles. The van der Waals surface area contributed by atoms with Crippen molar-refractivity contribution in [2.24, 2.45) is 5.92 Å². The Morgan fingerprint density at radius 1 is 1.53 bits per heavy atom. The number of rotatable bonds is 3. The van der Waals surface area contributed by atoms with E-state index in [4.69, 9.17) is 4.52 Å². The SMILES string of the molecule is O=C(c1ccon1)N1CCCC(Cn2ccnn2)C1. The topological polar surface area (TPSA) is 77.0 Å². The molecule has 0 N–H and O–H groups in total. The van der Waals surface area contributed by atoms with Crippen molar-refractivity contribution in [1.29, 1.82) is 0 Å². The van der Waals surface area contributed by atoms with Crippen LogP contribution in [0.4, 0.5) is 0 Å². The van der Waals surface area contributed by atoms with Crippen molar-refractivity contribution < 1.29 is 9.32 Å². The van der Waals surface area contributed by atoms with Gasteiger partial charge < -0.3 is 9.42 Å². The van der Waals surface area contributed by atoms with E-state index in [1.165, 1.54) is 6.26 Å². The maximum absolute atomic E-state index is 12.2. The number of carbonyl (C=O) groups is 1. The summed E-state index contributed by atoms with van der Waals surface area (Å²) in [5, 5.41) is 11.5. The van der Waals surface area contributed by atoms with E-state index in [-0.39, 0.29) is 5.91 Å². The van der Waals surface area contributed by atoms with Gasteiger partial charge in [0.2, 0.25) is 0 Å². The van der Waals surface area contributed by atoms with Crippen LogP contribution in [0.2, 0.25) is 0 Å². The minimum atomic E-state index is -0.0583. The first-order valence-electron chi connectivity index (χ1n) is 6.36. The van der Waals surface area contributed by atoms with Crippen molar-refractivity contribution in [3.05, 3.63) is 30.4 Å². The Morgan fingerprint density at radius 2 is 2.47 bits per heavy atom. The lowest BCUT2D eigenvalue weighted by molar-refractivity contribution is 0.0649. The van der Waals surface area contributed by atoms with Crippen LogP contribution < -0.4 is 0 Å². The summed E-state index contributed by atoms with van der Waals surface area (Å²) in [7, 11) is 0. The molecular formula is C12H15N5O2. The van der Waals surface area contributed by atoms with Crippen LogP contribution in [0.25, 0.3) is 0 Å². The fraction of sp³-hybridized carbons (Fsp3) is 0.500.